The van der Waals surface area contributed by atoms with E-state index in [4.69, 9.17) is 5.73 Å². The van der Waals surface area contributed by atoms with Gasteiger partial charge in [0.05, 0.1) is 17.4 Å². The molecule has 2 nitrogen and oxygen atoms in total. The van der Waals surface area contributed by atoms with E-state index >= 15 is 0 Å². The Morgan fingerprint density at radius 3 is 2.85 bits per heavy atom. The normalized spacial score (nSPS) is 10.5. The van der Waals surface area contributed by atoms with E-state index in [1.165, 1.54) is 0 Å². The van der Waals surface area contributed by atoms with Crippen LogP contribution >= 0.6 is 11.8 Å². The van der Waals surface area contributed by atoms with Gasteiger partial charge in [-0.25, -0.2) is 0 Å². The van der Waals surface area contributed by atoms with Gasteiger partial charge >= 0.3 is 0 Å². The van der Waals surface area contributed by atoms with Gasteiger partial charge in [-0.2, -0.15) is 0 Å². The minimum atomic E-state index is 0.756. The number of thioether (sulfide) groups is 1. The summed E-state index contributed by atoms with van der Waals surface area (Å²) in [7, 11) is 0. The highest BCUT2D eigenvalue weighted by Crippen LogP contribution is 2.29. The van der Waals surface area contributed by atoms with Crippen molar-refractivity contribution in [3.8, 4) is 0 Å². The number of rotatable bonds is 1. The first kappa shape index (κ1) is 8.38. The van der Waals surface area contributed by atoms with E-state index < -0.39 is 0 Å². The maximum atomic E-state index is 5.81. The Hall–Kier alpha value is -1.22. The first-order valence-electron chi connectivity index (χ1n) is 4.00. The fourth-order valence-electron chi connectivity index (χ4n) is 1.36. The molecule has 13 heavy (non-hydrogen) atoms. The van der Waals surface area contributed by atoms with Crippen molar-refractivity contribution < 1.29 is 0 Å². The van der Waals surface area contributed by atoms with Gasteiger partial charge in [0.1, 0.15) is 0 Å². The number of nitrogens with zero attached hydrogens (tertiary/aromatic N) is 1. The second-order valence-electron chi connectivity index (χ2n) is 2.76. The van der Waals surface area contributed by atoms with Crippen molar-refractivity contribution in [1.82, 2.24) is 4.98 Å². The number of aromatic nitrogens is 1. The molecule has 1 aromatic carbocycles. The fourth-order valence-corrected chi connectivity index (χ4v) is 2.04. The number of para-hydroxylation sites is 1. The number of hydrogen-bond acceptors (Lipinski definition) is 3. The molecule has 0 fully saturated rings. The van der Waals surface area contributed by atoms with E-state index in [1.54, 1.807) is 18.0 Å². The molecule has 1 aromatic heterocycles. The number of pyridine rings is 1. The summed E-state index contributed by atoms with van der Waals surface area (Å²) in [6, 6.07) is 8.03. The van der Waals surface area contributed by atoms with Crippen LogP contribution in [0.4, 0.5) is 5.69 Å². The molecule has 66 valence electrons. The van der Waals surface area contributed by atoms with Gasteiger partial charge in [-0.05, 0) is 12.3 Å². The van der Waals surface area contributed by atoms with E-state index in [9.17, 15) is 0 Å². The first-order chi connectivity index (χ1) is 6.33. The Morgan fingerprint density at radius 1 is 1.31 bits per heavy atom. The third-order valence-corrected chi connectivity index (χ3v) is 2.82. The summed E-state index contributed by atoms with van der Waals surface area (Å²) >= 11 is 1.66. The van der Waals surface area contributed by atoms with Crippen molar-refractivity contribution in [1.29, 1.82) is 0 Å². The molecule has 0 radical (unpaired) electrons. The van der Waals surface area contributed by atoms with E-state index in [0.29, 0.717) is 0 Å². The van der Waals surface area contributed by atoms with Crippen molar-refractivity contribution in [2.45, 2.75) is 4.90 Å². The van der Waals surface area contributed by atoms with Gasteiger partial charge in [-0.3, -0.25) is 4.98 Å². The molecule has 0 aliphatic carbocycles. The SMILES string of the molecule is CSc1c(N)cnc2ccccc12. The quantitative estimate of drug-likeness (QED) is 0.702. The standard InChI is InChI=1S/C10H10N2S/c1-13-10-7-4-2-3-5-9(7)12-6-8(10)11/h2-6H,11H2,1H3. The molecule has 0 aliphatic rings. The predicted molar refractivity (Wildman–Crippen MR) is 57.9 cm³/mol. The maximum Gasteiger partial charge on any atom is 0.0714 e. The van der Waals surface area contributed by atoms with Gasteiger partial charge in [0.15, 0.2) is 0 Å². The average Bonchev–Trinajstić information content (AvgIpc) is 2.18. The molecule has 0 amide bonds. The van der Waals surface area contributed by atoms with Crippen LogP contribution in [0.25, 0.3) is 10.9 Å². The summed E-state index contributed by atoms with van der Waals surface area (Å²) in [6.07, 6.45) is 3.74. The minimum Gasteiger partial charge on any atom is -0.397 e. The Labute approximate surface area is 81.2 Å². The van der Waals surface area contributed by atoms with Crippen molar-refractivity contribution in [3.05, 3.63) is 30.5 Å². The molecule has 0 saturated carbocycles. The van der Waals surface area contributed by atoms with Crippen LogP contribution in [0.15, 0.2) is 35.4 Å². The topological polar surface area (TPSA) is 38.9 Å². The second-order valence-corrected chi connectivity index (χ2v) is 3.58. The van der Waals surface area contributed by atoms with Crippen molar-refractivity contribution in [2.75, 3.05) is 12.0 Å². The first-order valence-corrected chi connectivity index (χ1v) is 5.22. The summed E-state index contributed by atoms with van der Waals surface area (Å²) < 4.78 is 0. The largest absolute Gasteiger partial charge is 0.397 e. The monoisotopic (exact) mass is 190 g/mol. The van der Waals surface area contributed by atoms with E-state index in [1.807, 2.05) is 30.5 Å². The molecular weight excluding hydrogens is 180 g/mol. The lowest BCUT2D eigenvalue weighted by molar-refractivity contribution is 1.36. The molecule has 0 bridgehead atoms. The minimum absolute atomic E-state index is 0.756. The number of benzene rings is 1. The molecule has 2 rings (SSSR count). The predicted octanol–water partition coefficient (Wildman–Crippen LogP) is 2.54. The average molecular weight is 190 g/mol. The number of nitrogens with two attached hydrogens (primary N) is 1. The van der Waals surface area contributed by atoms with Crippen LogP contribution in [0.5, 0.6) is 0 Å². The fraction of sp³-hybridized carbons (Fsp3) is 0.100. The van der Waals surface area contributed by atoms with Crippen LogP contribution in [0.3, 0.4) is 0 Å². The van der Waals surface area contributed by atoms with Crippen molar-refractivity contribution in [2.24, 2.45) is 0 Å². The highest BCUT2D eigenvalue weighted by Gasteiger charge is 2.03. The smallest absolute Gasteiger partial charge is 0.0714 e. The van der Waals surface area contributed by atoms with Gasteiger partial charge in [-0.15, -0.1) is 11.8 Å². The van der Waals surface area contributed by atoms with Gasteiger partial charge in [-0.1, -0.05) is 18.2 Å². The molecular formula is C10H10N2S. The van der Waals surface area contributed by atoms with Crippen molar-refractivity contribution in [3.63, 3.8) is 0 Å². The van der Waals surface area contributed by atoms with E-state index in [0.717, 1.165) is 21.5 Å². The van der Waals surface area contributed by atoms with Crippen LogP contribution in [0.2, 0.25) is 0 Å². The number of hydrogen-bond donors (Lipinski definition) is 1. The van der Waals surface area contributed by atoms with Gasteiger partial charge in [0, 0.05) is 10.3 Å². The zero-order valence-electron chi connectivity index (χ0n) is 7.32. The second kappa shape index (κ2) is 3.26. The Kier molecular flexibility index (Phi) is 2.10. The molecule has 2 aromatic rings. The summed E-state index contributed by atoms with van der Waals surface area (Å²) in [5, 5.41) is 1.13. The number of nitrogen functional groups attached to an aromatic ring is 1. The van der Waals surface area contributed by atoms with Crippen LogP contribution < -0.4 is 5.73 Å². The maximum absolute atomic E-state index is 5.81. The van der Waals surface area contributed by atoms with E-state index in [-0.39, 0.29) is 0 Å². The molecule has 0 spiro atoms. The highest BCUT2D eigenvalue weighted by molar-refractivity contribution is 7.99. The van der Waals surface area contributed by atoms with Gasteiger partial charge in [0.2, 0.25) is 0 Å². The summed E-state index contributed by atoms with van der Waals surface area (Å²) in [5.74, 6) is 0. The zero-order valence-corrected chi connectivity index (χ0v) is 8.14. The molecule has 1 heterocycles. The zero-order chi connectivity index (χ0) is 9.26. The lowest BCUT2D eigenvalue weighted by Crippen LogP contribution is -1.91. The van der Waals surface area contributed by atoms with Crippen LogP contribution in [0.1, 0.15) is 0 Å². The number of anilines is 1. The van der Waals surface area contributed by atoms with E-state index in [2.05, 4.69) is 4.98 Å². The van der Waals surface area contributed by atoms with Gasteiger partial charge < -0.3 is 5.73 Å². The van der Waals surface area contributed by atoms with Crippen LogP contribution in [-0.2, 0) is 0 Å². The van der Waals surface area contributed by atoms with Crippen LogP contribution in [-0.4, -0.2) is 11.2 Å². The molecule has 0 atom stereocenters. The molecule has 3 heteroatoms. The lowest BCUT2D eigenvalue weighted by atomic mass is 10.2. The van der Waals surface area contributed by atoms with Crippen LogP contribution in [0, 0.1) is 0 Å². The third-order valence-electron chi connectivity index (χ3n) is 1.96. The summed E-state index contributed by atoms with van der Waals surface area (Å²) in [6.45, 7) is 0. The highest BCUT2D eigenvalue weighted by atomic mass is 32.2. The van der Waals surface area contributed by atoms with Gasteiger partial charge in [0.25, 0.3) is 0 Å². The lowest BCUT2D eigenvalue weighted by Gasteiger charge is -2.05. The Balaban J connectivity index is 2.84. The van der Waals surface area contributed by atoms with Crippen molar-refractivity contribution >= 4 is 28.4 Å². The molecule has 0 aliphatic heterocycles. The number of fused-ring (bicyclic) bond motifs is 1. The Bertz CT molecular complexity index is 440. The molecule has 0 unspecified atom stereocenters. The Morgan fingerprint density at radius 2 is 2.08 bits per heavy atom. The molecule has 0 saturated heterocycles. The third kappa shape index (κ3) is 1.35. The summed E-state index contributed by atoms with van der Waals surface area (Å²) in [5.41, 5.74) is 7.57. The molecule has 2 N–H and O–H groups in total. The summed E-state index contributed by atoms with van der Waals surface area (Å²) in [4.78, 5) is 5.37.